The molecule has 2 nitrogen and oxygen atoms in total. The Kier molecular flexibility index (Phi) is 35.8. The summed E-state index contributed by atoms with van der Waals surface area (Å²) in [5.74, 6) is 0. The Morgan fingerprint density at radius 2 is 0.378 bits per heavy atom. The number of hydrogen-bond acceptors (Lipinski definition) is 2. The third kappa shape index (κ3) is 35.9. The van der Waals surface area contributed by atoms with Gasteiger partial charge in [0.05, 0.1) is 13.2 Å². The number of hydrogen-bond donors (Lipinski definition) is 0. The highest BCUT2D eigenvalue weighted by atomic mass is 17.2. The first kappa shape index (κ1) is 36.9. The second kappa shape index (κ2) is 35.9. The summed E-state index contributed by atoms with van der Waals surface area (Å²) in [5, 5.41) is 0. The van der Waals surface area contributed by atoms with E-state index in [4.69, 9.17) is 9.78 Å². The summed E-state index contributed by atoms with van der Waals surface area (Å²) in [6.45, 7) is 6.15. The monoisotopic (exact) mass is 525 g/mol. The first-order valence-corrected chi connectivity index (χ1v) is 17.7. The molecule has 0 fully saturated rings. The van der Waals surface area contributed by atoms with Gasteiger partial charge in [0.25, 0.3) is 0 Å². The molecule has 2 heteroatoms. The Bertz CT molecular complexity index is 336. The molecule has 0 aromatic heterocycles. The van der Waals surface area contributed by atoms with E-state index in [1.165, 1.54) is 186 Å². The lowest BCUT2D eigenvalue weighted by atomic mass is 10.0. The Hall–Kier alpha value is -0.0800. The van der Waals surface area contributed by atoms with Crippen LogP contribution >= 0.6 is 0 Å². The van der Waals surface area contributed by atoms with Gasteiger partial charge in [-0.15, -0.1) is 0 Å². The molecule has 0 heterocycles. The Labute approximate surface area is 235 Å². The van der Waals surface area contributed by atoms with Crippen LogP contribution in [0.5, 0.6) is 0 Å². The van der Waals surface area contributed by atoms with Crippen LogP contribution in [0.3, 0.4) is 0 Å². The highest BCUT2D eigenvalue weighted by Crippen LogP contribution is 2.15. The van der Waals surface area contributed by atoms with Crippen molar-refractivity contribution in [3.05, 3.63) is 0 Å². The van der Waals surface area contributed by atoms with Gasteiger partial charge < -0.3 is 0 Å². The van der Waals surface area contributed by atoms with E-state index in [1.54, 1.807) is 0 Å². The molecule has 0 radical (unpaired) electrons. The van der Waals surface area contributed by atoms with Crippen molar-refractivity contribution in [2.45, 2.75) is 213 Å². The molecule has 0 amide bonds. The molecular weight excluding hydrogens is 452 g/mol. The maximum atomic E-state index is 5.37. The summed E-state index contributed by atoms with van der Waals surface area (Å²) in [7, 11) is 0. The van der Waals surface area contributed by atoms with Crippen LogP contribution in [0.2, 0.25) is 0 Å². The van der Waals surface area contributed by atoms with Crippen molar-refractivity contribution < 1.29 is 9.78 Å². The molecule has 224 valence electrons. The summed E-state index contributed by atoms with van der Waals surface area (Å²) in [6, 6.07) is 0. The van der Waals surface area contributed by atoms with E-state index in [1.807, 2.05) is 0 Å². The van der Waals surface area contributed by atoms with E-state index in [0.29, 0.717) is 0 Å². The minimum absolute atomic E-state index is 0.775. The van der Waals surface area contributed by atoms with Crippen molar-refractivity contribution in [1.82, 2.24) is 0 Å². The van der Waals surface area contributed by atoms with E-state index in [0.717, 1.165) is 26.1 Å². The molecule has 0 aromatic carbocycles. The fraction of sp³-hybridized carbons (Fsp3) is 1.00. The lowest BCUT2D eigenvalue weighted by Gasteiger charge is -2.05. The SMILES string of the molecule is CCCCCCCCCCCCCCCCCCOOCCCCCCCCCCCCCCCCC. The molecule has 0 unspecified atom stereocenters. The van der Waals surface area contributed by atoms with Gasteiger partial charge in [0, 0.05) is 0 Å². The zero-order chi connectivity index (χ0) is 26.7. The van der Waals surface area contributed by atoms with Gasteiger partial charge in [-0.25, -0.2) is 9.78 Å². The van der Waals surface area contributed by atoms with Crippen LogP contribution in [-0.4, -0.2) is 13.2 Å². The Morgan fingerprint density at radius 1 is 0.216 bits per heavy atom. The standard InChI is InChI=1S/C35H72O2/c1-3-5-7-9-11-13-15-17-19-21-23-25-27-29-31-33-35-37-36-34-32-30-28-26-24-22-20-18-16-14-12-10-8-6-4-2/h3-35H2,1-2H3. The topological polar surface area (TPSA) is 18.5 Å². The molecule has 0 atom stereocenters. The van der Waals surface area contributed by atoms with Crippen LogP contribution in [0.4, 0.5) is 0 Å². The fourth-order valence-corrected chi connectivity index (χ4v) is 5.36. The first-order valence-electron chi connectivity index (χ1n) is 17.7. The zero-order valence-electron chi connectivity index (χ0n) is 26.2. The van der Waals surface area contributed by atoms with Crippen LogP contribution in [0, 0.1) is 0 Å². The van der Waals surface area contributed by atoms with Gasteiger partial charge in [0.1, 0.15) is 0 Å². The van der Waals surface area contributed by atoms with Crippen molar-refractivity contribution in [2.75, 3.05) is 13.2 Å². The highest BCUT2D eigenvalue weighted by molar-refractivity contribution is 4.51. The van der Waals surface area contributed by atoms with Crippen LogP contribution < -0.4 is 0 Å². The molecular formula is C35H72O2. The molecule has 0 saturated heterocycles. The largest absolute Gasteiger partial charge is 0.237 e. The second-order valence-electron chi connectivity index (χ2n) is 11.9. The molecule has 0 aromatic rings. The van der Waals surface area contributed by atoms with E-state index >= 15 is 0 Å². The Morgan fingerprint density at radius 3 is 0.568 bits per heavy atom. The molecule has 0 aliphatic carbocycles. The summed E-state index contributed by atoms with van der Waals surface area (Å²) in [6.07, 6.45) is 43.6. The maximum Gasteiger partial charge on any atom is 0.0822 e. The van der Waals surface area contributed by atoms with Crippen LogP contribution in [0.25, 0.3) is 0 Å². The molecule has 0 bridgehead atoms. The van der Waals surface area contributed by atoms with Crippen molar-refractivity contribution >= 4 is 0 Å². The lowest BCUT2D eigenvalue weighted by molar-refractivity contribution is -0.295. The van der Waals surface area contributed by atoms with Gasteiger partial charge >= 0.3 is 0 Å². The van der Waals surface area contributed by atoms with E-state index in [9.17, 15) is 0 Å². The normalized spacial score (nSPS) is 11.5. The minimum Gasteiger partial charge on any atom is -0.237 e. The molecule has 0 N–H and O–H groups in total. The predicted octanol–water partition coefficient (Wildman–Crippen LogP) is 13.1. The quantitative estimate of drug-likeness (QED) is 0.0473. The first-order chi connectivity index (χ1) is 18.4. The number of unbranched alkanes of at least 4 members (excludes halogenated alkanes) is 29. The summed E-state index contributed by atoms with van der Waals surface area (Å²) >= 11 is 0. The molecule has 0 saturated carbocycles. The second-order valence-corrected chi connectivity index (χ2v) is 11.9. The summed E-state index contributed by atoms with van der Waals surface area (Å²) in [4.78, 5) is 10.7. The average Bonchev–Trinajstić information content (AvgIpc) is 2.91. The smallest absolute Gasteiger partial charge is 0.0822 e. The van der Waals surface area contributed by atoms with E-state index in [2.05, 4.69) is 13.8 Å². The van der Waals surface area contributed by atoms with E-state index < -0.39 is 0 Å². The lowest BCUT2D eigenvalue weighted by Crippen LogP contribution is -1.99. The predicted molar refractivity (Wildman–Crippen MR) is 166 cm³/mol. The van der Waals surface area contributed by atoms with Gasteiger partial charge in [0.15, 0.2) is 0 Å². The molecule has 37 heavy (non-hydrogen) atoms. The van der Waals surface area contributed by atoms with Crippen molar-refractivity contribution in [3.63, 3.8) is 0 Å². The molecule has 0 spiro atoms. The van der Waals surface area contributed by atoms with Gasteiger partial charge in [-0.05, 0) is 12.8 Å². The van der Waals surface area contributed by atoms with Crippen LogP contribution in [0.1, 0.15) is 213 Å². The van der Waals surface area contributed by atoms with Crippen molar-refractivity contribution in [1.29, 1.82) is 0 Å². The molecule has 0 aliphatic rings. The third-order valence-corrected chi connectivity index (χ3v) is 8.00. The van der Waals surface area contributed by atoms with Crippen molar-refractivity contribution in [3.8, 4) is 0 Å². The minimum atomic E-state index is 0.775. The van der Waals surface area contributed by atoms with Gasteiger partial charge in [0.2, 0.25) is 0 Å². The van der Waals surface area contributed by atoms with Gasteiger partial charge in [-0.2, -0.15) is 0 Å². The van der Waals surface area contributed by atoms with E-state index in [-0.39, 0.29) is 0 Å². The number of rotatable bonds is 34. The van der Waals surface area contributed by atoms with Crippen LogP contribution in [-0.2, 0) is 9.78 Å². The van der Waals surface area contributed by atoms with Crippen molar-refractivity contribution in [2.24, 2.45) is 0 Å². The third-order valence-electron chi connectivity index (χ3n) is 8.00. The Balaban J connectivity index is 3.00. The van der Waals surface area contributed by atoms with Gasteiger partial charge in [-0.1, -0.05) is 200 Å². The molecule has 0 aliphatic heterocycles. The molecule has 0 rings (SSSR count). The van der Waals surface area contributed by atoms with Gasteiger partial charge in [-0.3, -0.25) is 0 Å². The average molecular weight is 525 g/mol. The maximum absolute atomic E-state index is 5.37. The summed E-state index contributed by atoms with van der Waals surface area (Å²) in [5.41, 5.74) is 0. The highest BCUT2D eigenvalue weighted by Gasteiger charge is 1.97. The fourth-order valence-electron chi connectivity index (χ4n) is 5.36. The van der Waals surface area contributed by atoms with Crippen LogP contribution in [0.15, 0.2) is 0 Å². The summed E-state index contributed by atoms with van der Waals surface area (Å²) < 4.78 is 0. The zero-order valence-corrected chi connectivity index (χ0v) is 26.2.